The summed E-state index contributed by atoms with van der Waals surface area (Å²) < 4.78 is 5.19. The zero-order chi connectivity index (χ0) is 15.6. The quantitative estimate of drug-likeness (QED) is 0.870. The van der Waals surface area contributed by atoms with Crippen molar-refractivity contribution in [3.05, 3.63) is 29.8 Å². The molecule has 0 atom stereocenters. The zero-order valence-corrected chi connectivity index (χ0v) is 13.0. The third-order valence-corrected chi connectivity index (χ3v) is 3.38. The van der Waals surface area contributed by atoms with Gasteiger partial charge in [0.15, 0.2) is 0 Å². The maximum Gasteiger partial charge on any atom is 0.273 e. The lowest BCUT2D eigenvalue weighted by atomic mass is 10.1. The molecule has 0 aliphatic heterocycles. The first kappa shape index (κ1) is 15.4. The van der Waals surface area contributed by atoms with Crippen LogP contribution in [0.4, 0.5) is 0 Å². The lowest BCUT2D eigenvalue weighted by Crippen LogP contribution is -2.56. The minimum atomic E-state index is -0.475. The molecule has 1 aromatic carbocycles. The minimum Gasteiger partial charge on any atom is -0.496 e. The molecule has 1 saturated carbocycles. The number of nitrogens with one attached hydrogen (secondary N) is 1. The first-order valence-electron chi connectivity index (χ1n) is 7.12. The molecular weight excluding hydrogens is 268 g/mol. The molecule has 0 unspecified atom stereocenters. The van der Waals surface area contributed by atoms with Crippen molar-refractivity contribution >= 4 is 11.8 Å². The van der Waals surface area contributed by atoms with Crippen LogP contribution in [0, 0.1) is 5.92 Å². The average molecular weight is 290 g/mol. The van der Waals surface area contributed by atoms with E-state index in [0.717, 1.165) is 12.8 Å². The summed E-state index contributed by atoms with van der Waals surface area (Å²) >= 11 is 0. The van der Waals surface area contributed by atoms with Crippen LogP contribution in [-0.4, -0.2) is 29.5 Å². The molecule has 114 valence electrons. The Morgan fingerprint density at radius 1 is 1.24 bits per heavy atom. The van der Waals surface area contributed by atoms with E-state index < -0.39 is 5.54 Å². The minimum absolute atomic E-state index is 0.0225. The van der Waals surface area contributed by atoms with E-state index in [4.69, 9.17) is 4.74 Å². The van der Waals surface area contributed by atoms with E-state index in [1.807, 2.05) is 20.8 Å². The van der Waals surface area contributed by atoms with Gasteiger partial charge in [0.25, 0.3) is 5.91 Å². The van der Waals surface area contributed by atoms with Crippen molar-refractivity contribution in [1.29, 1.82) is 0 Å². The number of hydrazine groups is 1. The predicted molar refractivity (Wildman–Crippen MR) is 79.8 cm³/mol. The van der Waals surface area contributed by atoms with Gasteiger partial charge >= 0.3 is 0 Å². The predicted octanol–water partition coefficient (Wildman–Crippen LogP) is 2.38. The molecule has 5 nitrogen and oxygen atoms in total. The van der Waals surface area contributed by atoms with Gasteiger partial charge in [0, 0.05) is 5.92 Å². The Balaban J connectivity index is 2.20. The van der Waals surface area contributed by atoms with Gasteiger partial charge in [-0.05, 0) is 45.7 Å². The maximum absolute atomic E-state index is 12.4. The highest BCUT2D eigenvalue weighted by atomic mass is 16.5. The van der Waals surface area contributed by atoms with Crippen LogP contribution >= 0.6 is 0 Å². The van der Waals surface area contributed by atoms with Gasteiger partial charge in [-0.2, -0.15) is 0 Å². The Morgan fingerprint density at radius 3 is 2.38 bits per heavy atom. The first-order chi connectivity index (χ1) is 9.84. The fourth-order valence-electron chi connectivity index (χ4n) is 2.06. The van der Waals surface area contributed by atoms with Crippen LogP contribution in [0.15, 0.2) is 24.3 Å². The smallest absolute Gasteiger partial charge is 0.273 e. The van der Waals surface area contributed by atoms with Gasteiger partial charge in [-0.25, -0.2) is 5.01 Å². The molecule has 0 aromatic heterocycles. The first-order valence-corrected chi connectivity index (χ1v) is 7.12. The summed E-state index contributed by atoms with van der Waals surface area (Å²) in [5.41, 5.74) is 2.67. The number of ether oxygens (including phenoxy) is 1. The number of rotatable bonds is 3. The SMILES string of the molecule is COc1ccccc1C(=O)NN(C(=O)C1CC1)C(C)(C)C. The second-order valence-electron chi connectivity index (χ2n) is 6.26. The number of methoxy groups -OCH3 is 1. The highest BCUT2D eigenvalue weighted by molar-refractivity contribution is 5.98. The van der Waals surface area contributed by atoms with Gasteiger partial charge in [-0.3, -0.25) is 15.0 Å². The molecule has 21 heavy (non-hydrogen) atoms. The van der Waals surface area contributed by atoms with Crippen LogP contribution in [0.3, 0.4) is 0 Å². The number of carbonyl (C=O) groups excluding carboxylic acids is 2. The fraction of sp³-hybridized carbons (Fsp3) is 0.500. The molecule has 2 rings (SSSR count). The number of carbonyl (C=O) groups is 2. The lowest BCUT2D eigenvalue weighted by Gasteiger charge is -2.35. The van der Waals surface area contributed by atoms with Crippen molar-refractivity contribution in [3.63, 3.8) is 0 Å². The number of amides is 2. The van der Waals surface area contributed by atoms with Crippen LogP contribution in [0.2, 0.25) is 0 Å². The summed E-state index contributed by atoms with van der Waals surface area (Å²) in [6.45, 7) is 5.70. The molecule has 1 N–H and O–H groups in total. The Kier molecular flexibility index (Phi) is 4.21. The molecule has 0 bridgehead atoms. The largest absolute Gasteiger partial charge is 0.496 e. The summed E-state index contributed by atoms with van der Waals surface area (Å²) in [6, 6.07) is 6.96. The van der Waals surface area contributed by atoms with E-state index >= 15 is 0 Å². The normalized spacial score (nSPS) is 14.5. The van der Waals surface area contributed by atoms with Crippen LogP contribution < -0.4 is 10.2 Å². The van der Waals surface area contributed by atoms with E-state index in [2.05, 4.69) is 5.43 Å². The number of para-hydroxylation sites is 1. The van der Waals surface area contributed by atoms with Gasteiger partial charge in [0.05, 0.1) is 18.2 Å². The number of nitrogens with zero attached hydrogens (tertiary/aromatic N) is 1. The molecule has 1 aromatic rings. The third-order valence-electron chi connectivity index (χ3n) is 3.38. The second kappa shape index (κ2) is 5.76. The summed E-state index contributed by atoms with van der Waals surface area (Å²) in [4.78, 5) is 24.8. The van der Waals surface area contributed by atoms with Crippen molar-refractivity contribution in [3.8, 4) is 5.75 Å². The molecule has 0 radical (unpaired) electrons. The fourth-order valence-corrected chi connectivity index (χ4v) is 2.06. The molecule has 2 amide bonds. The van der Waals surface area contributed by atoms with E-state index in [1.54, 1.807) is 24.3 Å². The Morgan fingerprint density at radius 2 is 1.86 bits per heavy atom. The van der Waals surface area contributed by atoms with Crippen molar-refractivity contribution in [2.75, 3.05) is 7.11 Å². The van der Waals surface area contributed by atoms with Crippen molar-refractivity contribution in [2.45, 2.75) is 39.2 Å². The van der Waals surface area contributed by atoms with Crippen LogP contribution in [0.25, 0.3) is 0 Å². The molecule has 0 heterocycles. The monoisotopic (exact) mass is 290 g/mol. The molecule has 0 saturated heterocycles. The van der Waals surface area contributed by atoms with Crippen molar-refractivity contribution in [1.82, 2.24) is 10.4 Å². The van der Waals surface area contributed by atoms with E-state index in [0.29, 0.717) is 11.3 Å². The molecule has 1 aliphatic carbocycles. The Labute approximate surface area is 125 Å². The van der Waals surface area contributed by atoms with E-state index in [-0.39, 0.29) is 17.7 Å². The lowest BCUT2D eigenvalue weighted by molar-refractivity contribution is -0.140. The van der Waals surface area contributed by atoms with Gasteiger partial charge in [-0.1, -0.05) is 12.1 Å². The summed E-state index contributed by atoms with van der Waals surface area (Å²) in [7, 11) is 1.52. The highest BCUT2D eigenvalue weighted by Gasteiger charge is 2.39. The Bertz CT molecular complexity index is 545. The Hall–Kier alpha value is -2.04. The second-order valence-corrected chi connectivity index (χ2v) is 6.26. The number of benzene rings is 1. The van der Waals surface area contributed by atoms with E-state index in [9.17, 15) is 9.59 Å². The van der Waals surface area contributed by atoms with Gasteiger partial charge in [-0.15, -0.1) is 0 Å². The van der Waals surface area contributed by atoms with E-state index in [1.165, 1.54) is 12.1 Å². The molecule has 1 aliphatic rings. The summed E-state index contributed by atoms with van der Waals surface area (Å²) in [5, 5.41) is 1.44. The average Bonchev–Trinajstić information content (AvgIpc) is 3.27. The molecule has 1 fully saturated rings. The van der Waals surface area contributed by atoms with Crippen molar-refractivity contribution in [2.24, 2.45) is 5.92 Å². The zero-order valence-electron chi connectivity index (χ0n) is 13.0. The number of hydrogen-bond donors (Lipinski definition) is 1. The third kappa shape index (κ3) is 3.54. The highest BCUT2D eigenvalue weighted by Crippen LogP contribution is 2.32. The van der Waals surface area contributed by atoms with Gasteiger partial charge in [0.1, 0.15) is 5.75 Å². The topological polar surface area (TPSA) is 58.6 Å². The summed E-state index contributed by atoms with van der Waals surface area (Å²) in [5.74, 6) is 0.173. The molecule has 5 heteroatoms. The molecule has 0 spiro atoms. The van der Waals surface area contributed by atoms with Gasteiger partial charge in [0.2, 0.25) is 5.91 Å². The van der Waals surface area contributed by atoms with Crippen molar-refractivity contribution < 1.29 is 14.3 Å². The van der Waals surface area contributed by atoms with Crippen LogP contribution in [-0.2, 0) is 4.79 Å². The van der Waals surface area contributed by atoms with Gasteiger partial charge < -0.3 is 4.74 Å². The standard InChI is InChI=1S/C16H22N2O3/c1-16(2,3)18(15(20)11-9-10-11)17-14(19)12-7-5-6-8-13(12)21-4/h5-8,11H,9-10H2,1-4H3,(H,17,19). The number of hydrogen-bond acceptors (Lipinski definition) is 3. The summed E-state index contributed by atoms with van der Waals surface area (Å²) in [6.07, 6.45) is 1.80. The maximum atomic E-state index is 12.4. The molecular formula is C16H22N2O3. The van der Waals surface area contributed by atoms with Crippen LogP contribution in [0.5, 0.6) is 5.75 Å². The van der Waals surface area contributed by atoms with Crippen LogP contribution in [0.1, 0.15) is 44.0 Å².